The van der Waals surface area contributed by atoms with Crippen molar-refractivity contribution in [2.45, 2.75) is 316 Å². The lowest BCUT2D eigenvalue weighted by Crippen LogP contribution is -2.30. The highest BCUT2D eigenvalue weighted by atomic mass is 16.6. The van der Waals surface area contributed by atoms with Crippen LogP contribution in [0.4, 0.5) is 0 Å². The fraction of sp³-hybridized carbons (Fsp3) is 0.708. The van der Waals surface area contributed by atoms with Gasteiger partial charge in [0.05, 0.1) is 0 Å². The third-order valence-electron chi connectivity index (χ3n) is 14.0. The fourth-order valence-electron chi connectivity index (χ4n) is 9.13. The van der Waals surface area contributed by atoms with Gasteiger partial charge in [0.15, 0.2) is 6.10 Å². The number of ether oxygens (including phenoxy) is 3. The molecule has 78 heavy (non-hydrogen) atoms. The van der Waals surface area contributed by atoms with E-state index in [2.05, 4.69) is 130 Å². The van der Waals surface area contributed by atoms with Crippen molar-refractivity contribution in [3.63, 3.8) is 0 Å². The fourth-order valence-corrected chi connectivity index (χ4v) is 9.13. The lowest BCUT2D eigenvalue weighted by atomic mass is 10.0. The Bertz CT molecular complexity index is 1570. The zero-order chi connectivity index (χ0) is 56.4. The van der Waals surface area contributed by atoms with Crippen LogP contribution in [0.15, 0.2) is 109 Å². The maximum absolute atomic E-state index is 12.9. The third kappa shape index (κ3) is 62.9. The second-order valence-electron chi connectivity index (χ2n) is 21.6. The molecule has 0 saturated carbocycles. The molecule has 0 aliphatic carbocycles. The maximum Gasteiger partial charge on any atom is 0.306 e. The normalized spacial score (nSPS) is 12.8. The average Bonchev–Trinajstić information content (AvgIpc) is 3.44. The van der Waals surface area contributed by atoms with Crippen LogP contribution < -0.4 is 0 Å². The predicted molar refractivity (Wildman–Crippen MR) is 339 cm³/mol. The Morgan fingerprint density at radius 1 is 0.269 bits per heavy atom. The highest BCUT2D eigenvalue weighted by Crippen LogP contribution is 2.16. The van der Waals surface area contributed by atoms with Gasteiger partial charge in [0.1, 0.15) is 13.2 Å². The molecule has 446 valence electrons. The summed E-state index contributed by atoms with van der Waals surface area (Å²) in [6, 6.07) is 0. The van der Waals surface area contributed by atoms with Crippen molar-refractivity contribution in [1.29, 1.82) is 0 Å². The van der Waals surface area contributed by atoms with E-state index in [1.54, 1.807) is 0 Å². The Labute approximate surface area is 482 Å². The van der Waals surface area contributed by atoms with Crippen LogP contribution in [0.5, 0.6) is 0 Å². The van der Waals surface area contributed by atoms with E-state index in [1.807, 2.05) is 0 Å². The highest BCUT2D eigenvalue weighted by molar-refractivity contribution is 5.71. The van der Waals surface area contributed by atoms with Crippen LogP contribution in [0.1, 0.15) is 310 Å². The number of unbranched alkanes of at least 4 members (excludes halogenated alkanes) is 30. The Morgan fingerprint density at radius 2 is 0.500 bits per heavy atom. The molecule has 6 heteroatoms. The molecule has 0 rings (SSSR count). The minimum Gasteiger partial charge on any atom is -0.462 e. The monoisotopic (exact) mass is 1080 g/mol. The molecule has 0 aromatic carbocycles. The Morgan fingerprint density at radius 3 is 0.795 bits per heavy atom. The Balaban J connectivity index is 4.34. The summed E-state index contributed by atoms with van der Waals surface area (Å²) in [6.45, 7) is 6.42. The first-order valence-corrected chi connectivity index (χ1v) is 32.9. The molecule has 0 aliphatic rings. The van der Waals surface area contributed by atoms with Crippen molar-refractivity contribution < 1.29 is 28.6 Å². The van der Waals surface area contributed by atoms with Gasteiger partial charge in [-0.2, -0.15) is 0 Å². The molecule has 0 bridgehead atoms. The van der Waals surface area contributed by atoms with Gasteiger partial charge in [-0.05, 0) is 122 Å². The van der Waals surface area contributed by atoms with Crippen LogP contribution in [0, 0.1) is 0 Å². The van der Waals surface area contributed by atoms with E-state index in [0.29, 0.717) is 19.3 Å². The Kier molecular flexibility index (Phi) is 62.3. The highest BCUT2D eigenvalue weighted by Gasteiger charge is 2.19. The first kappa shape index (κ1) is 74.1. The van der Waals surface area contributed by atoms with Crippen molar-refractivity contribution in [3.05, 3.63) is 109 Å². The molecular weight excluding hydrogens is 961 g/mol. The molecule has 1 unspecified atom stereocenters. The second kappa shape index (κ2) is 65.6. The molecule has 0 radical (unpaired) electrons. The van der Waals surface area contributed by atoms with Crippen LogP contribution in [0.2, 0.25) is 0 Å². The smallest absolute Gasteiger partial charge is 0.306 e. The molecule has 0 spiro atoms. The van der Waals surface area contributed by atoms with Gasteiger partial charge in [0.2, 0.25) is 0 Å². The molecule has 1 atom stereocenters. The molecule has 0 aromatic rings. The van der Waals surface area contributed by atoms with Crippen molar-refractivity contribution >= 4 is 17.9 Å². The average molecular weight is 1080 g/mol. The first-order chi connectivity index (χ1) is 38.5. The summed E-state index contributed by atoms with van der Waals surface area (Å²) in [7, 11) is 0. The van der Waals surface area contributed by atoms with E-state index in [4.69, 9.17) is 14.2 Å². The van der Waals surface area contributed by atoms with E-state index < -0.39 is 6.10 Å². The summed E-state index contributed by atoms with van der Waals surface area (Å²) in [5, 5.41) is 0. The van der Waals surface area contributed by atoms with Crippen molar-refractivity contribution in [1.82, 2.24) is 0 Å². The van der Waals surface area contributed by atoms with Crippen LogP contribution in [0.3, 0.4) is 0 Å². The zero-order valence-electron chi connectivity index (χ0n) is 51.2. The molecule has 0 aromatic heterocycles. The number of rotatable bonds is 59. The summed E-state index contributed by atoms with van der Waals surface area (Å²) in [5.74, 6) is -0.898. The SMILES string of the molecule is CC/C=C\C/C=C\C/C=C\C/C=C\C/C=C\CCCCCCCCCCCCCC(=O)OCC(COC(=O)CCCCCCC/C=C\CCCCCCCCC)OC(=O)CCCCCCCCC/C=C\C/C=C\C/C=C\CC. The number of carbonyl (C=O) groups excluding carboxylic acids is 3. The number of hydrogen-bond acceptors (Lipinski definition) is 6. The second-order valence-corrected chi connectivity index (χ2v) is 21.6. The number of esters is 3. The summed E-state index contributed by atoms with van der Waals surface area (Å²) in [6.07, 6.45) is 89.5. The van der Waals surface area contributed by atoms with E-state index >= 15 is 0 Å². The summed E-state index contributed by atoms with van der Waals surface area (Å²) in [5.41, 5.74) is 0. The van der Waals surface area contributed by atoms with Crippen LogP contribution in [-0.2, 0) is 28.6 Å². The maximum atomic E-state index is 12.9. The number of carbonyl (C=O) groups is 3. The van der Waals surface area contributed by atoms with Gasteiger partial charge in [0, 0.05) is 19.3 Å². The lowest BCUT2D eigenvalue weighted by Gasteiger charge is -2.18. The van der Waals surface area contributed by atoms with Gasteiger partial charge >= 0.3 is 17.9 Å². The van der Waals surface area contributed by atoms with Gasteiger partial charge in [-0.15, -0.1) is 0 Å². The summed E-state index contributed by atoms with van der Waals surface area (Å²) < 4.78 is 16.9. The van der Waals surface area contributed by atoms with E-state index in [9.17, 15) is 14.4 Å². The van der Waals surface area contributed by atoms with Crippen molar-refractivity contribution in [2.24, 2.45) is 0 Å². The summed E-state index contributed by atoms with van der Waals surface area (Å²) in [4.78, 5) is 38.4. The molecule has 0 N–H and O–H groups in total. The topological polar surface area (TPSA) is 78.9 Å². The van der Waals surface area contributed by atoms with Gasteiger partial charge in [-0.1, -0.05) is 278 Å². The standard InChI is InChI=1S/C72H122O6/c1-4-7-10-13-16-19-22-25-28-31-32-33-34-35-36-37-38-39-40-42-44-47-50-53-56-59-62-65-71(74)77-68-69(67-76-70(73)64-61-58-55-52-49-46-43-30-27-24-21-18-15-12-9-6-3)78-72(75)66-63-60-57-54-51-48-45-41-29-26-23-20-17-14-11-8-5-2/h7-8,10-11,16-17,19-20,25-26,28-30,32-33,35-36,43,69H,4-6,9,12-15,18,21-24,27,31,34,37-42,44-68H2,1-3H3/b10-7-,11-8-,19-16-,20-17-,28-25-,29-26-,33-32-,36-35-,43-30-. The number of allylic oxidation sites excluding steroid dienone is 18. The predicted octanol–water partition coefficient (Wildman–Crippen LogP) is 22.6. The van der Waals surface area contributed by atoms with Crippen molar-refractivity contribution in [2.75, 3.05) is 13.2 Å². The van der Waals surface area contributed by atoms with Crippen molar-refractivity contribution in [3.8, 4) is 0 Å². The van der Waals surface area contributed by atoms with Gasteiger partial charge in [-0.3, -0.25) is 14.4 Å². The van der Waals surface area contributed by atoms with Gasteiger partial charge in [0.25, 0.3) is 0 Å². The molecule has 0 aliphatic heterocycles. The van der Waals surface area contributed by atoms with Crippen LogP contribution >= 0.6 is 0 Å². The molecule has 0 amide bonds. The molecule has 6 nitrogen and oxygen atoms in total. The third-order valence-corrected chi connectivity index (χ3v) is 14.0. The van der Waals surface area contributed by atoms with Gasteiger partial charge in [-0.25, -0.2) is 0 Å². The Hall–Kier alpha value is -3.93. The largest absolute Gasteiger partial charge is 0.462 e. The van der Waals surface area contributed by atoms with Crippen LogP contribution in [-0.4, -0.2) is 37.2 Å². The lowest BCUT2D eigenvalue weighted by molar-refractivity contribution is -0.167. The summed E-state index contributed by atoms with van der Waals surface area (Å²) >= 11 is 0. The quantitative estimate of drug-likeness (QED) is 0.0261. The molecule has 0 fully saturated rings. The van der Waals surface area contributed by atoms with E-state index in [1.165, 1.54) is 148 Å². The number of hydrogen-bond donors (Lipinski definition) is 0. The zero-order valence-corrected chi connectivity index (χ0v) is 51.2. The molecule has 0 saturated heterocycles. The molecular formula is C72H122O6. The minimum atomic E-state index is -0.791. The molecule has 0 heterocycles. The van der Waals surface area contributed by atoms with E-state index in [0.717, 1.165) is 122 Å². The van der Waals surface area contributed by atoms with Gasteiger partial charge < -0.3 is 14.2 Å². The van der Waals surface area contributed by atoms with Crippen LogP contribution in [0.25, 0.3) is 0 Å². The minimum absolute atomic E-state index is 0.0860. The van der Waals surface area contributed by atoms with E-state index in [-0.39, 0.29) is 31.1 Å². The first-order valence-electron chi connectivity index (χ1n) is 32.9.